The van der Waals surface area contributed by atoms with Crippen LogP contribution in [0.2, 0.25) is 0 Å². The molecule has 0 fully saturated rings. The first kappa shape index (κ1) is 11.1. The molecule has 4 heteroatoms. The summed E-state index contributed by atoms with van der Waals surface area (Å²) in [5.74, 6) is 0. The summed E-state index contributed by atoms with van der Waals surface area (Å²) in [7, 11) is -3.39. The second-order valence-corrected chi connectivity index (χ2v) is 4.77. The Morgan fingerprint density at radius 3 is 2.36 bits per heavy atom. The van der Waals surface area contributed by atoms with Crippen LogP contribution < -0.4 is 0 Å². The number of hydrogen-bond donors (Lipinski definition) is 0. The first-order valence-electron chi connectivity index (χ1n) is 3.89. The van der Waals surface area contributed by atoms with Crippen molar-refractivity contribution in [3.8, 4) is 0 Å². The van der Waals surface area contributed by atoms with Crippen LogP contribution in [0.4, 0.5) is 0 Å². The Morgan fingerprint density at radius 1 is 1.29 bits per heavy atom. The van der Waals surface area contributed by atoms with Gasteiger partial charge in [-0.25, -0.2) is 8.42 Å². The van der Waals surface area contributed by atoms with Crippen molar-refractivity contribution in [1.29, 1.82) is 0 Å². The van der Waals surface area contributed by atoms with Crippen LogP contribution in [0.25, 0.3) is 0 Å². The normalized spacial score (nSPS) is 10.4. The van der Waals surface area contributed by atoms with Gasteiger partial charge in [0.05, 0.1) is 10.3 Å². The highest BCUT2D eigenvalue weighted by molar-refractivity contribution is 7.94. The molecule has 0 aliphatic carbocycles. The Bertz CT molecular complexity index is 465. The minimum atomic E-state index is -3.39. The van der Waals surface area contributed by atoms with E-state index in [0.29, 0.717) is 0 Å². The number of halogens is 1. The second-order valence-electron chi connectivity index (χ2n) is 2.75. The molecule has 74 valence electrons. The first-order valence-corrected chi connectivity index (χ1v) is 5.87. The van der Waals surface area contributed by atoms with Crippen molar-refractivity contribution in [3.05, 3.63) is 46.5 Å². The summed E-state index contributed by atoms with van der Waals surface area (Å²) in [5, 5.41) is 0.949. The molecule has 0 saturated carbocycles. The Balaban J connectivity index is 3.18. The molecule has 0 aromatic heterocycles. The summed E-state index contributed by atoms with van der Waals surface area (Å²) < 4.78 is 23.0. The van der Waals surface area contributed by atoms with E-state index in [-0.39, 0.29) is 4.90 Å². The Morgan fingerprint density at radius 2 is 1.86 bits per heavy atom. The quantitative estimate of drug-likeness (QED) is 0.730. The van der Waals surface area contributed by atoms with Crippen LogP contribution in [-0.2, 0) is 9.84 Å². The standard InChI is InChI=1S/C10H9ClO2S/c1-9-3-5-10(6-4-9)14(12,13)8-2-7-11/h3-8H,1H3. The van der Waals surface area contributed by atoms with Crippen molar-refractivity contribution in [2.75, 3.05) is 0 Å². The van der Waals surface area contributed by atoms with E-state index >= 15 is 0 Å². The van der Waals surface area contributed by atoms with Gasteiger partial charge >= 0.3 is 0 Å². The molecule has 0 atom stereocenters. The van der Waals surface area contributed by atoms with E-state index in [2.05, 4.69) is 5.73 Å². The van der Waals surface area contributed by atoms with Crippen LogP contribution in [0.3, 0.4) is 0 Å². The first-order chi connectivity index (χ1) is 6.56. The zero-order valence-corrected chi connectivity index (χ0v) is 9.14. The molecule has 0 N–H and O–H groups in total. The van der Waals surface area contributed by atoms with Crippen molar-refractivity contribution < 1.29 is 8.42 Å². The van der Waals surface area contributed by atoms with Crippen LogP contribution in [0.15, 0.2) is 45.8 Å². The molecule has 0 unspecified atom stereocenters. The van der Waals surface area contributed by atoms with Gasteiger partial charge in [0.25, 0.3) is 0 Å². The fraction of sp³-hybridized carbons (Fsp3) is 0.100. The summed E-state index contributed by atoms with van der Waals surface area (Å²) in [6.45, 7) is 1.89. The SMILES string of the molecule is Cc1ccc(S(=O)(=O)C=C=CCl)cc1. The van der Waals surface area contributed by atoms with E-state index in [1.807, 2.05) is 6.92 Å². The fourth-order valence-electron chi connectivity index (χ4n) is 0.911. The van der Waals surface area contributed by atoms with Crippen LogP contribution >= 0.6 is 11.6 Å². The molecule has 0 radical (unpaired) electrons. The molecule has 1 aromatic carbocycles. The van der Waals surface area contributed by atoms with E-state index in [1.54, 1.807) is 24.3 Å². The molecule has 0 aliphatic rings. The zero-order valence-electron chi connectivity index (χ0n) is 7.57. The summed E-state index contributed by atoms with van der Waals surface area (Å²) in [4.78, 5) is 0.245. The minimum absolute atomic E-state index is 0.245. The van der Waals surface area contributed by atoms with Crippen LogP contribution in [0.1, 0.15) is 5.56 Å². The maximum absolute atomic E-state index is 11.5. The molecular weight excluding hydrogens is 220 g/mol. The number of rotatable bonds is 2. The van der Waals surface area contributed by atoms with E-state index < -0.39 is 9.84 Å². The van der Waals surface area contributed by atoms with Crippen LogP contribution in [0, 0.1) is 6.92 Å². The Hall–Kier alpha value is -1.02. The summed E-state index contributed by atoms with van der Waals surface area (Å²) in [6.07, 6.45) is 0. The molecule has 0 heterocycles. The lowest BCUT2D eigenvalue weighted by Gasteiger charge is -1.97. The lowest BCUT2D eigenvalue weighted by atomic mass is 10.2. The fourth-order valence-corrected chi connectivity index (χ4v) is 1.95. The third kappa shape index (κ3) is 2.74. The van der Waals surface area contributed by atoms with Gasteiger partial charge in [-0.15, -0.1) is 0 Å². The third-order valence-electron chi connectivity index (χ3n) is 1.64. The summed E-state index contributed by atoms with van der Waals surface area (Å²) in [6, 6.07) is 6.59. The molecule has 0 saturated heterocycles. The van der Waals surface area contributed by atoms with E-state index in [4.69, 9.17) is 11.6 Å². The average Bonchev–Trinajstić information content (AvgIpc) is 2.16. The van der Waals surface area contributed by atoms with Crippen molar-refractivity contribution in [3.63, 3.8) is 0 Å². The number of aryl methyl sites for hydroxylation is 1. The van der Waals surface area contributed by atoms with Gasteiger partial charge in [-0.05, 0) is 19.1 Å². The molecule has 1 aromatic rings. The largest absolute Gasteiger partial charge is 0.218 e. The highest BCUT2D eigenvalue weighted by Gasteiger charge is 2.08. The molecule has 0 amide bonds. The lowest BCUT2D eigenvalue weighted by Crippen LogP contribution is -1.94. The predicted molar refractivity (Wildman–Crippen MR) is 56.9 cm³/mol. The summed E-state index contributed by atoms with van der Waals surface area (Å²) >= 11 is 5.19. The maximum Gasteiger partial charge on any atom is 0.207 e. The molecule has 0 spiro atoms. The highest BCUT2D eigenvalue weighted by Crippen LogP contribution is 2.12. The molecule has 14 heavy (non-hydrogen) atoms. The maximum atomic E-state index is 11.5. The van der Waals surface area contributed by atoms with Crippen molar-refractivity contribution in [2.24, 2.45) is 0 Å². The number of benzene rings is 1. The lowest BCUT2D eigenvalue weighted by molar-refractivity contribution is 0.604. The molecule has 0 aliphatic heterocycles. The topological polar surface area (TPSA) is 34.1 Å². The van der Waals surface area contributed by atoms with Gasteiger partial charge in [0.1, 0.15) is 0 Å². The van der Waals surface area contributed by atoms with Gasteiger partial charge in [-0.2, -0.15) is 0 Å². The van der Waals surface area contributed by atoms with Gasteiger partial charge in [-0.3, -0.25) is 0 Å². The van der Waals surface area contributed by atoms with Crippen molar-refractivity contribution in [2.45, 2.75) is 11.8 Å². The predicted octanol–water partition coefficient (Wildman–Crippen LogP) is 2.63. The molecule has 1 rings (SSSR count). The molecular formula is C10H9ClO2S. The second kappa shape index (κ2) is 4.47. The average molecular weight is 229 g/mol. The van der Waals surface area contributed by atoms with Gasteiger partial charge in [-0.1, -0.05) is 35.0 Å². The van der Waals surface area contributed by atoms with Gasteiger partial charge in [0.15, 0.2) is 0 Å². The van der Waals surface area contributed by atoms with Crippen molar-refractivity contribution in [1.82, 2.24) is 0 Å². The third-order valence-corrected chi connectivity index (χ3v) is 3.14. The van der Waals surface area contributed by atoms with E-state index in [9.17, 15) is 8.42 Å². The monoisotopic (exact) mass is 228 g/mol. The Kier molecular flexibility index (Phi) is 3.53. The molecule has 2 nitrogen and oxygen atoms in total. The van der Waals surface area contributed by atoms with Crippen LogP contribution in [-0.4, -0.2) is 8.42 Å². The van der Waals surface area contributed by atoms with E-state index in [1.165, 1.54) is 0 Å². The molecule has 0 bridgehead atoms. The zero-order chi connectivity index (χ0) is 10.6. The van der Waals surface area contributed by atoms with Crippen molar-refractivity contribution >= 4 is 21.4 Å². The highest BCUT2D eigenvalue weighted by atomic mass is 35.5. The van der Waals surface area contributed by atoms with Gasteiger partial charge in [0.2, 0.25) is 9.84 Å². The minimum Gasteiger partial charge on any atom is -0.218 e. The van der Waals surface area contributed by atoms with E-state index in [0.717, 1.165) is 16.5 Å². The van der Waals surface area contributed by atoms with Gasteiger partial charge < -0.3 is 0 Å². The van der Waals surface area contributed by atoms with Gasteiger partial charge in [0, 0.05) is 5.54 Å². The Labute approximate surface area is 88.4 Å². The number of sulfone groups is 1. The smallest absolute Gasteiger partial charge is 0.207 e. The van der Waals surface area contributed by atoms with Crippen LogP contribution in [0.5, 0.6) is 0 Å². The number of hydrogen-bond acceptors (Lipinski definition) is 2. The summed E-state index contributed by atoms with van der Waals surface area (Å²) in [5.41, 5.74) is 4.38.